The Hall–Kier alpha value is -3.67. The number of esters is 1. The summed E-state index contributed by atoms with van der Waals surface area (Å²) in [5.41, 5.74) is -0.163. The van der Waals surface area contributed by atoms with Crippen molar-refractivity contribution >= 4 is 17.3 Å². The van der Waals surface area contributed by atoms with Gasteiger partial charge in [-0.25, -0.2) is 4.79 Å². The van der Waals surface area contributed by atoms with Gasteiger partial charge in [-0.1, -0.05) is 33.1 Å². The smallest absolute Gasteiger partial charge is 0.338 e. The highest BCUT2D eigenvalue weighted by molar-refractivity contribution is 5.89. The van der Waals surface area contributed by atoms with E-state index in [2.05, 4.69) is 24.1 Å². The molecule has 0 aliphatic heterocycles. The van der Waals surface area contributed by atoms with E-state index >= 15 is 0 Å². The Morgan fingerprint density at radius 1 is 1.29 bits per heavy atom. The fourth-order valence-corrected chi connectivity index (χ4v) is 2.98. The maximum absolute atomic E-state index is 12.3. The highest BCUT2D eigenvalue weighted by Gasteiger charge is 2.18. The van der Waals surface area contributed by atoms with Gasteiger partial charge >= 0.3 is 5.97 Å². The van der Waals surface area contributed by atoms with E-state index in [0.717, 1.165) is 25.7 Å². The molecule has 0 fully saturated rings. The van der Waals surface area contributed by atoms with E-state index in [1.807, 2.05) is 0 Å². The van der Waals surface area contributed by atoms with Gasteiger partial charge in [-0.3, -0.25) is 4.79 Å². The molecule has 0 radical (unpaired) electrons. The molecule has 0 saturated heterocycles. The van der Waals surface area contributed by atoms with E-state index in [-0.39, 0.29) is 16.8 Å². The van der Waals surface area contributed by atoms with E-state index in [1.165, 1.54) is 6.92 Å². The average Bonchev–Trinajstić information content (AvgIpc) is 2.78. The van der Waals surface area contributed by atoms with E-state index in [4.69, 9.17) is 15.8 Å². The second-order valence-electron chi connectivity index (χ2n) is 7.22. The number of carbonyl (C=O) groups is 1. The number of ether oxygens (including phenoxy) is 1. The minimum absolute atomic E-state index is 0.0835. The molecule has 1 unspecified atom stereocenters. The Morgan fingerprint density at radius 2 is 1.97 bits per heavy atom. The maximum Gasteiger partial charge on any atom is 0.338 e. The van der Waals surface area contributed by atoms with Gasteiger partial charge in [-0.05, 0) is 43.5 Å². The van der Waals surface area contributed by atoms with Crippen LogP contribution in [-0.2, 0) is 4.74 Å². The molecule has 3 N–H and O–H groups in total. The summed E-state index contributed by atoms with van der Waals surface area (Å²) in [6, 6.07) is 8.04. The summed E-state index contributed by atoms with van der Waals surface area (Å²) >= 11 is 0. The van der Waals surface area contributed by atoms with E-state index < -0.39 is 17.4 Å². The number of rotatable bonds is 9. The molecule has 0 aliphatic carbocycles. The van der Waals surface area contributed by atoms with Gasteiger partial charge in [0.1, 0.15) is 11.6 Å². The number of unbranched alkanes of at least 4 members (excludes halogenated alkanes) is 1. The third kappa shape index (κ3) is 5.69. The van der Waals surface area contributed by atoms with Gasteiger partial charge in [0.15, 0.2) is 5.69 Å². The van der Waals surface area contributed by atoms with Crippen LogP contribution in [0.25, 0.3) is 0 Å². The Morgan fingerprint density at radius 3 is 2.55 bits per heavy atom. The molecule has 0 aliphatic rings. The van der Waals surface area contributed by atoms with E-state index in [0.29, 0.717) is 28.5 Å². The molecule has 9 heteroatoms. The normalized spacial score (nSPS) is 11.9. The Kier molecular flexibility index (Phi) is 8.32. The summed E-state index contributed by atoms with van der Waals surface area (Å²) in [6.07, 6.45) is 4.22. The first-order valence-electron chi connectivity index (χ1n) is 10.2. The number of hydrogen-bond donors (Lipinski definition) is 2. The van der Waals surface area contributed by atoms with Crippen LogP contribution in [0, 0.1) is 24.2 Å². The van der Waals surface area contributed by atoms with Crippen LogP contribution in [0.2, 0.25) is 0 Å². The molecule has 1 heterocycles. The van der Waals surface area contributed by atoms with Crippen molar-refractivity contribution in [3.63, 3.8) is 0 Å². The van der Waals surface area contributed by atoms with Gasteiger partial charge in [-0.2, -0.15) is 15.1 Å². The van der Waals surface area contributed by atoms with Crippen molar-refractivity contribution in [3.8, 4) is 11.9 Å². The fraction of sp³-hybridized carbons (Fsp3) is 0.409. The largest absolute Gasteiger partial charge is 0.492 e. The molecule has 164 valence electrons. The molecule has 0 spiro atoms. The third-order valence-electron chi connectivity index (χ3n) is 5.08. The van der Waals surface area contributed by atoms with Gasteiger partial charge in [0.2, 0.25) is 5.88 Å². The summed E-state index contributed by atoms with van der Waals surface area (Å²) in [5, 5.41) is 27.1. The number of nitriles is 1. The summed E-state index contributed by atoms with van der Waals surface area (Å²) in [7, 11) is 0. The zero-order valence-corrected chi connectivity index (χ0v) is 18.0. The standard InChI is InChI=1S/C22H27N5O4/c1-4-6-7-15(5-2)13-31-22(30)16-8-10-17(11-9-16)25-26-19-14(3)18(12-23)20(28)27(24)21(19)29/h8-11,15,29H,4-7,13,24H2,1-3H3/b26-25+. The molecule has 1 aromatic carbocycles. The molecule has 0 amide bonds. The average molecular weight is 425 g/mol. The van der Waals surface area contributed by atoms with Crippen LogP contribution < -0.4 is 11.4 Å². The molecule has 1 aromatic heterocycles. The monoisotopic (exact) mass is 425 g/mol. The Labute approximate surface area is 180 Å². The van der Waals surface area contributed by atoms with Crippen LogP contribution in [0.1, 0.15) is 61.0 Å². The van der Waals surface area contributed by atoms with Crippen molar-refractivity contribution in [2.75, 3.05) is 12.4 Å². The highest BCUT2D eigenvalue weighted by atomic mass is 16.5. The zero-order chi connectivity index (χ0) is 23.0. The predicted octanol–water partition coefficient (Wildman–Crippen LogP) is 4.24. The lowest BCUT2D eigenvalue weighted by Gasteiger charge is -2.14. The van der Waals surface area contributed by atoms with Gasteiger partial charge in [-0.15, -0.1) is 5.11 Å². The van der Waals surface area contributed by atoms with E-state index in [1.54, 1.807) is 30.3 Å². The molecule has 31 heavy (non-hydrogen) atoms. The molecule has 0 saturated carbocycles. The van der Waals surface area contributed by atoms with Crippen molar-refractivity contribution in [2.45, 2.75) is 46.5 Å². The maximum atomic E-state index is 12.3. The topological polar surface area (TPSA) is 143 Å². The molecular formula is C22H27N5O4. The Bertz CT molecular complexity index is 1050. The molecular weight excluding hydrogens is 398 g/mol. The fourth-order valence-electron chi connectivity index (χ4n) is 2.98. The summed E-state index contributed by atoms with van der Waals surface area (Å²) in [6.45, 7) is 6.09. The number of azo groups is 1. The second kappa shape index (κ2) is 10.9. The number of benzene rings is 1. The van der Waals surface area contributed by atoms with Crippen molar-refractivity contribution in [2.24, 2.45) is 16.1 Å². The van der Waals surface area contributed by atoms with Crippen molar-refractivity contribution < 1.29 is 14.6 Å². The van der Waals surface area contributed by atoms with Crippen molar-refractivity contribution in [3.05, 3.63) is 51.3 Å². The van der Waals surface area contributed by atoms with Crippen LogP contribution in [0.4, 0.5) is 11.4 Å². The molecule has 0 bridgehead atoms. The van der Waals surface area contributed by atoms with Gasteiger partial charge in [0.05, 0.1) is 17.9 Å². The number of nitrogens with zero attached hydrogens (tertiary/aromatic N) is 4. The first kappa shape index (κ1) is 23.6. The molecule has 2 rings (SSSR count). The molecule has 2 aromatic rings. The molecule has 9 nitrogen and oxygen atoms in total. The predicted molar refractivity (Wildman–Crippen MR) is 116 cm³/mol. The van der Waals surface area contributed by atoms with Crippen LogP contribution in [0.3, 0.4) is 0 Å². The SMILES string of the molecule is CCCCC(CC)COC(=O)c1ccc(/N=N/c2c(C)c(C#N)c(=O)n(N)c2O)cc1. The van der Waals surface area contributed by atoms with Crippen molar-refractivity contribution in [1.29, 1.82) is 5.26 Å². The van der Waals surface area contributed by atoms with Gasteiger partial charge < -0.3 is 15.7 Å². The van der Waals surface area contributed by atoms with Crippen LogP contribution in [0.15, 0.2) is 39.3 Å². The lowest BCUT2D eigenvalue weighted by Crippen LogP contribution is -2.29. The number of pyridine rings is 1. The minimum atomic E-state index is -0.820. The van der Waals surface area contributed by atoms with E-state index in [9.17, 15) is 14.7 Å². The zero-order valence-electron chi connectivity index (χ0n) is 18.0. The number of aromatic hydroxyl groups is 1. The van der Waals surface area contributed by atoms with Gasteiger partial charge in [0.25, 0.3) is 5.56 Å². The quantitative estimate of drug-likeness (QED) is 0.349. The lowest BCUT2D eigenvalue weighted by atomic mass is 10.0. The number of aromatic nitrogens is 1. The van der Waals surface area contributed by atoms with Crippen LogP contribution in [0.5, 0.6) is 5.88 Å². The first-order valence-corrected chi connectivity index (χ1v) is 10.2. The summed E-state index contributed by atoms with van der Waals surface area (Å²) < 4.78 is 5.87. The number of carbonyl (C=O) groups excluding carboxylic acids is 1. The number of nitrogens with two attached hydrogens (primary N) is 1. The highest BCUT2D eigenvalue weighted by Crippen LogP contribution is 2.31. The van der Waals surface area contributed by atoms with Crippen molar-refractivity contribution in [1.82, 2.24) is 4.68 Å². The molecule has 1 atom stereocenters. The number of nitrogen functional groups attached to an aromatic ring is 1. The second-order valence-corrected chi connectivity index (χ2v) is 7.22. The van der Waals surface area contributed by atoms with Crippen LogP contribution >= 0.6 is 0 Å². The summed E-state index contributed by atoms with van der Waals surface area (Å²) in [4.78, 5) is 24.1. The first-order chi connectivity index (χ1) is 14.8. The minimum Gasteiger partial charge on any atom is -0.492 e. The van der Waals surface area contributed by atoms with Crippen LogP contribution in [-0.4, -0.2) is 22.4 Å². The number of hydrogen-bond acceptors (Lipinski definition) is 8. The summed E-state index contributed by atoms with van der Waals surface area (Å²) in [5.74, 6) is 4.84. The lowest BCUT2D eigenvalue weighted by molar-refractivity contribution is 0.0428. The Balaban J connectivity index is 2.12. The van der Waals surface area contributed by atoms with Gasteiger partial charge in [0, 0.05) is 5.56 Å². The third-order valence-corrected chi connectivity index (χ3v) is 5.08.